The maximum atomic E-state index is 12.4. The highest BCUT2D eigenvalue weighted by Crippen LogP contribution is 2.25. The van der Waals surface area contributed by atoms with Crippen LogP contribution < -0.4 is 14.8 Å². The molecule has 0 unspecified atom stereocenters. The van der Waals surface area contributed by atoms with E-state index in [2.05, 4.69) is 5.32 Å². The molecule has 1 aromatic rings. The predicted octanol–water partition coefficient (Wildman–Crippen LogP) is 1.11. The Morgan fingerprint density at radius 3 is 2.46 bits per heavy atom. The summed E-state index contributed by atoms with van der Waals surface area (Å²) in [6, 6.07) is 5.04. The zero-order chi connectivity index (χ0) is 17.7. The van der Waals surface area contributed by atoms with Crippen LogP contribution in [0.1, 0.15) is 23.2 Å². The maximum Gasteiger partial charge on any atom is 0.255 e. The summed E-state index contributed by atoms with van der Waals surface area (Å²) in [6.45, 7) is 1.53. The van der Waals surface area contributed by atoms with Gasteiger partial charge in [-0.05, 0) is 30.9 Å². The monoisotopic (exact) mass is 356 g/mol. The molecule has 8 heteroatoms. The largest absolute Gasteiger partial charge is 0.497 e. The second kappa shape index (κ2) is 7.85. The highest BCUT2D eigenvalue weighted by atomic mass is 32.2. The molecule has 1 aliphatic rings. The standard InChI is InChI=1S/C16H24N2O5S/c1-22-13-4-5-14(15(10-13)23-2)16(19)17-11-12-6-8-18(9-7-12)24(3,20)21/h4-5,10,12H,6-9,11H2,1-3H3,(H,17,19). The fourth-order valence-corrected chi connectivity index (χ4v) is 3.64. The van der Waals surface area contributed by atoms with Crippen molar-refractivity contribution in [2.75, 3.05) is 40.1 Å². The number of rotatable bonds is 6. The molecule has 1 heterocycles. The first kappa shape index (κ1) is 18.5. The minimum Gasteiger partial charge on any atom is -0.497 e. The van der Waals surface area contributed by atoms with E-state index in [1.54, 1.807) is 25.3 Å². The molecule has 0 bridgehead atoms. The number of sulfonamides is 1. The molecule has 1 saturated heterocycles. The Balaban J connectivity index is 1.90. The number of hydrogen-bond acceptors (Lipinski definition) is 5. The third-order valence-corrected chi connectivity index (χ3v) is 5.55. The first-order valence-electron chi connectivity index (χ1n) is 7.80. The first-order chi connectivity index (χ1) is 11.3. The zero-order valence-corrected chi connectivity index (χ0v) is 15.1. The third kappa shape index (κ3) is 4.61. The molecule has 134 valence electrons. The van der Waals surface area contributed by atoms with Crippen molar-refractivity contribution in [2.45, 2.75) is 12.8 Å². The summed E-state index contributed by atoms with van der Waals surface area (Å²) in [5.74, 6) is 1.14. The summed E-state index contributed by atoms with van der Waals surface area (Å²) >= 11 is 0. The van der Waals surface area contributed by atoms with Crippen LogP contribution in [0.25, 0.3) is 0 Å². The molecule has 0 spiro atoms. The van der Waals surface area contributed by atoms with E-state index < -0.39 is 10.0 Å². The molecule has 1 N–H and O–H groups in total. The summed E-state index contributed by atoms with van der Waals surface area (Å²) < 4.78 is 34.8. The molecule has 1 aromatic carbocycles. The average Bonchev–Trinajstić information content (AvgIpc) is 2.58. The fraction of sp³-hybridized carbons (Fsp3) is 0.562. The van der Waals surface area contributed by atoms with E-state index in [-0.39, 0.29) is 11.8 Å². The molecule has 1 fully saturated rings. The normalized spacial score (nSPS) is 16.6. The highest BCUT2D eigenvalue weighted by Gasteiger charge is 2.25. The van der Waals surface area contributed by atoms with Crippen LogP contribution in [0, 0.1) is 5.92 Å². The van der Waals surface area contributed by atoms with Crippen molar-refractivity contribution in [1.82, 2.24) is 9.62 Å². The minimum atomic E-state index is -3.12. The SMILES string of the molecule is COc1ccc(C(=O)NCC2CCN(S(C)(=O)=O)CC2)c(OC)c1. The van der Waals surface area contributed by atoms with Crippen LogP contribution in [0.15, 0.2) is 18.2 Å². The summed E-state index contributed by atoms with van der Waals surface area (Å²) in [4.78, 5) is 12.4. The van der Waals surface area contributed by atoms with Gasteiger partial charge in [0.25, 0.3) is 5.91 Å². The number of benzene rings is 1. The van der Waals surface area contributed by atoms with Crippen LogP contribution in [-0.2, 0) is 10.0 Å². The Labute approximate surface area is 143 Å². The van der Waals surface area contributed by atoms with Gasteiger partial charge in [0.15, 0.2) is 0 Å². The number of nitrogens with zero attached hydrogens (tertiary/aromatic N) is 1. The van der Waals surface area contributed by atoms with Crippen LogP contribution in [0.4, 0.5) is 0 Å². The summed E-state index contributed by atoms with van der Waals surface area (Å²) in [5, 5.41) is 2.91. The van der Waals surface area contributed by atoms with E-state index in [0.717, 1.165) is 12.8 Å². The number of carbonyl (C=O) groups is 1. The number of nitrogens with one attached hydrogen (secondary N) is 1. The molecule has 0 saturated carbocycles. The van der Waals surface area contributed by atoms with Gasteiger partial charge in [0.1, 0.15) is 11.5 Å². The quantitative estimate of drug-likeness (QED) is 0.825. The van der Waals surface area contributed by atoms with E-state index in [0.29, 0.717) is 36.7 Å². The fourth-order valence-electron chi connectivity index (χ4n) is 2.76. The minimum absolute atomic E-state index is 0.208. The summed E-state index contributed by atoms with van der Waals surface area (Å²) in [7, 11) is -0.0622. The number of carbonyl (C=O) groups excluding carboxylic acids is 1. The lowest BCUT2D eigenvalue weighted by molar-refractivity contribution is 0.0938. The molecular weight excluding hydrogens is 332 g/mol. The van der Waals surface area contributed by atoms with Gasteiger partial charge in [-0.3, -0.25) is 4.79 Å². The van der Waals surface area contributed by atoms with Crippen LogP contribution in [0.2, 0.25) is 0 Å². The first-order valence-corrected chi connectivity index (χ1v) is 9.65. The van der Waals surface area contributed by atoms with Crippen LogP contribution >= 0.6 is 0 Å². The van der Waals surface area contributed by atoms with Crippen molar-refractivity contribution in [3.63, 3.8) is 0 Å². The smallest absolute Gasteiger partial charge is 0.255 e. The van der Waals surface area contributed by atoms with Crippen molar-refractivity contribution in [3.8, 4) is 11.5 Å². The van der Waals surface area contributed by atoms with E-state index in [9.17, 15) is 13.2 Å². The lowest BCUT2D eigenvalue weighted by atomic mass is 9.98. The Hall–Kier alpha value is -1.80. The predicted molar refractivity (Wildman–Crippen MR) is 91.0 cm³/mol. The van der Waals surface area contributed by atoms with Crippen LogP contribution in [0.5, 0.6) is 11.5 Å². The lowest BCUT2D eigenvalue weighted by Crippen LogP contribution is -2.41. The van der Waals surface area contributed by atoms with Gasteiger partial charge in [-0.25, -0.2) is 12.7 Å². The molecule has 0 aliphatic carbocycles. The number of ether oxygens (including phenoxy) is 2. The molecule has 0 radical (unpaired) electrons. The van der Waals surface area contributed by atoms with Gasteiger partial charge in [0.05, 0.1) is 26.0 Å². The van der Waals surface area contributed by atoms with Crippen LogP contribution in [-0.4, -0.2) is 58.7 Å². The molecule has 24 heavy (non-hydrogen) atoms. The maximum absolute atomic E-state index is 12.4. The topological polar surface area (TPSA) is 84.9 Å². The number of hydrogen-bond donors (Lipinski definition) is 1. The third-order valence-electron chi connectivity index (χ3n) is 4.25. The van der Waals surface area contributed by atoms with Gasteiger partial charge >= 0.3 is 0 Å². The van der Waals surface area contributed by atoms with Gasteiger partial charge < -0.3 is 14.8 Å². The molecule has 1 aliphatic heterocycles. The molecule has 1 amide bonds. The van der Waals surface area contributed by atoms with Crippen molar-refractivity contribution < 1.29 is 22.7 Å². The summed E-state index contributed by atoms with van der Waals surface area (Å²) in [6.07, 6.45) is 2.71. The highest BCUT2D eigenvalue weighted by molar-refractivity contribution is 7.88. The summed E-state index contributed by atoms with van der Waals surface area (Å²) in [5.41, 5.74) is 0.451. The number of piperidine rings is 1. The van der Waals surface area contributed by atoms with E-state index >= 15 is 0 Å². The van der Waals surface area contributed by atoms with Gasteiger partial charge in [-0.2, -0.15) is 0 Å². The molecule has 2 rings (SSSR count). The van der Waals surface area contributed by atoms with Gasteiger partial charge in [0.2, 0.25) is 10.0 Å². The Kier molecular flexibility index (Phi) is 6.06. The van der Waals surface area contributed by atoms with Crippen LogP contribution in [0.3, 0.4) is 0 Å². The van der Waals surface area contributed by atoms with Crippen molar-refractivity contribution >= 4 is 15.9 Å². The molecule has 7 nitrogen and oxygen atoms in total. The zero-order valence-electron chi connectivity index (χ0n) is 14.2. The van der Waals surface area contributed by atoms with E-state index in [1.165, 1.54) is 17.7 Å². The van der Waals surface area contributed by atoms with Gasteiger partial charge in [0, 0.05) is 25.7 Å². The Morgan fingerprint density at radius 1 is 1.25 bits per heavy atom. The second-order valence-electron chi connectivity index (χ2n) is 5.88. The molecule has 0 aromatic heterocycles. The van der Waals surface area contributed by atoms with Gasteiger partial charge in [-0.15, -0.1) is 0 Å². The lowest BCUT2D eigenvalue weighted by Gasteiger charge is -2.30. The van der Waals surface area contributed by atoms with Crippen molar-refractivity contribution in [1.29, 1.82) is 0 Å². The Morgan fingerprint density at radius 2 is 1.92 bits per heavy atom. The average molecular weight is 356 g/mol. The number of methoxy groups -OCH3 is 2. The van der Waals surface area contributed by atoms with E-state index in [4.69, 9.17) is 9.47 Å². The van der Waals surface area contributed by atoms with Gasteiger partial charge in [-0.1, -0.05) is 0 Å². The molecular formula is C16H24N2O5S. The van der Waals surface area contributed by atoms with E-state index in [1.807, 2.05) is 0 Å². The number of amides is 1. The van der Waals surface area contributed by atoms with Crippen molar-refractivity contribution in [3.05, 3.63) is 23.8 Å². The van der Waals surface area contributed by atoms with Crippen molar-refractivity contribution in [2.24, 2.45) is 5.92 Å². The Bertz CT molecular complexity index is 682. The second-order valence-corrected chi connectivity index (χ2v) is 7.86. The molecule has 0 atom stereocenters.